The van der Waals surface area contributed by atoms with Crippen molar-refractivity contribution in [1.82, 2.24) is 20.1 Å². The standard InChI is InChI=1S/C26H29ClN4O3/c1-28-10-11-29-24(32)16-31-15-21(20-7-6-19(27)14-23(20)31)25(33)30-12-8-26(9-13-30)22-5-3-2-4-18(22)17-34-26/h2-7,14-15,28H,8-13,16-17H2,1H3,(H,29,32). The van der Waals surface area contributed by atoms with E-state index < -0.39 is 0 Å². The van der Waals surface area contributed by atoms with E-state index in [9.17, 15) is 9.59 Å². The predicted octanol–water partition coefficient (Wildman–Crippen LogP) is 3.29. The van der Waals surface area contributed by atoms with E-state index >= 15 is 0 Å². The number of amides is 2. The molecule has 1 aromatic heterocycles. The Morgan fingerprint density at radius 2 is 1.91 bits per heavy atom. The maximum Gasteiger partial charge on any atom is 0.256 e. The van der Waals surface area contributed by atoms with Crippen molar-refractivity contribution < 1.29 is 14.3 Å². The zero-order chi connectivity index (χ0) is 23.7. The average Bonchev–Trinajstić information content (AvgIpc) is 3.38. The van der Waals surface area contributed by atoms with E-state index in [2.05, 4.69) is 28.8 Å². The van der Waals surface area contributed by atoms with Crippen molar-refractivity contribution in [3.63, 3.8) is 0 Å². The summed E-state index contributed by atoms with van der Waals surface area (Å²) >= 11 is 6.25. The minimum atomic E-state index is -0.291. The monoisotopic (exact) mass is 480 g/mol. The van der Waals surface area contributed by atoms with Gasteiger partial charge in [-0.05, 0) is 43.1 Å². The van der Waals surface area contributed by atoms with Crippen molar-refractivity contribution in [3.05, 3.63) is 70.4 Å². The highest BCUT2D eigenvalue weighted by Gasteiger charge is 2.43. The van der Waals surface area contributed by atoms with Crippen molar-refractivity contribution >= 4 is 34.3 Å². The molecule has 0 bridgehead atoms. The molecule has 178 valence electrons. The van der Waals surface area contributed by atoms with Crippen molar-refractivity contribution in [2.45, 2.75) is 31.6 Å². The molecule has 0 saturated carbocycles. The van der Waals surface area contributed by atoms with Crippen LogP contribution in [0.4, 0.5) is 0 Å². The van der Waals surface area contributed by atoms with Crippen LogP contribution in [0.2, 0.25) is 5.02 Å². The Morgan fingerprint density at radius 3 is 2.71 bits per heavy atom. The average molecular weight is 481 g/mol. The van der Waals surface area contributed by atoms with Gasteiger partial charge in [-0.15, -0.1) is 0 Å². The van der Waals surface area contributed by atoms with Gasteiger partial charge in [-0.25, -0.2) is 0 Å². The molecule has 5 rings (SSSR count). The van der Waals surface area contributed by atoms with Gasteiger partial charge in [0, 0.05) is 42.8 Å². The number of likely N-dealkylation sites (tertiary alicyclic amines) is 1. The van der Waals surface area contributed by atoms with Gasteiger partial charge >= 0.3 is 0 Å². The maximum atomic E-state index is 13.6. The summed E-state index contributed by atoms with van der Waals surface area (Å²) in [6, 6.07) is 13.8. The van der Waals surface area contributed by atoms with Crippen LogP contribution in [0.1, 0.15) is 34.3 Å². The third-order valence-electron chi connectivity index (χ3n) is 6.96. The molecule has 34 heavy (non-hydrogen) atoms. The van der Waals surface area contributed by atoms with Gasteiger partial charge in [-0.3, -0.25) is 9.59 Å². The van der Waals surface area contributed by atoms with Crippen LogP contribution in [0.5, 0.6) is 0 Å². The Balaban J connectivity index is 1.35. The molecule has 3 aromatic rings. The summed E-state index contributed by atoms with van der Waals surface area (Å²) in [5, 5.41) is 7.26. The first-order chi connectivity index (χ1) is 16.5. The second-order valence-electron chi connectivity index (χ2n) is 9.02. The van der Waals surface area contributed by atoms with Crippen molar-refractivity contribution in [2.24, 2.45) is 0 Å². The summed E-state index contributed by atoms with van der Waals surface area (Å²) in [5.74, 6) is -0.133. The van der Waals surface area contributed by atoms with E-state index in [1.807, 2.05) is 34.7 Å². The molecular formula is C26H29ClN4O3. The fourth-order valence-corrected chi connectivity index (χ4v) is 5.31. The quantitative estimate of drug-likeness (QED) is 0.531. The number of carbonyl (C=O) groups excluding carboxylic acids is 2. The smallest absolute Gasteiger partial charge is 0.256 e. The second kappa shape index (κ2) is 9.41. The zero-order valence-corrected chi connectivity index (χ0v) is 20.0. The highest BCUT2D eigenvalue weighted by molar-refractivity contribution is 6.31. The number of fused-ring (bicyclic) bond motifs is 3. The van der Waals surface area contributed by atoms with Crippen LogP contribution in [0, 0.1) is 0 Å². The topological polar surface area (TPSA) is 75.6 Å². The SMILES string of the molecule is CNCCNC(=O)Cn1cc(C(=O)N2CCC3(CC2)OCc2ccccc23)c2ccc(Cl)cc21. The van der Waals surface area contributed by atoms with Gasteiger partial charge in [0.05, 0.1) is 23.3 Å². The van der Waals surface area contributed by atoms with Crippen LogP contribution in [-0.4, -0.2) is 54.5 Å². The molecule has 7 nitrogen and oxygen atoms in total. The van der Waals surface area contributed by atoms with E-state index in [1.165, 1.54) is 11.1 Å². The second-order valence-corrected chi connectivity index (χ2v) is 9.45. The molecule has 2 aliphatic heterocycles. The Kier molecular flexibility index (Phi) is 6.34. The van der Waals surface area contributed by atoms with Gasteiger partial charge in [0.2, 0.25) is 5.91 Å². The first-order valence-electron chi connectivity index (χ1n) is 11.7. The Hall–Kier alpha value is -2.87. The molecule has 1 saturated heterocycles. The largest absolute Gasteiger partial charge is 0.365 e. The normalized spacial score (nSPS) is 16.7. The van der Waals surface area contributed by atoms with Crippen LogP contribution in [-0.2, 0) is 28.3 Å². The molecule has 0 atom stereocenters. The number of nitrogens with one attached hydrogen (secondary N) is 2. The minimum absolute atomic E-state index is 0.0252. The van der Waals surface area contributed by atoms with Crippen molar-refractivity contribution in [3.8, 4) is 0 Å². The molecule has 0 unspecified atom stereocenters. The molecular weight excluding hydrogens is 452 g/mol. The zero-order valence-electron chi connectivity index (χ0n) is 19.3. The summed E-state index contributed by atoms with van der Waals surface area (Å²) in [7, 11) is 1.84. The Labute approximate surface area is 204 Å². The summed E-state index contributed by atoms with van der Waals surface area (Å²) in [6.07, 6.45) is 3.33. The maximum absolute atomic E-state index is 13.6. The molecule has 8 heteroatoms. The minimum Gasteiger partial charge on any atom is -0.365 e. The lowest BCUT2D eigenvalue weighted by Gasteiger charge is -2.39. The molecule has 0 aliphatic carbocycles. The van der Waals surface area contributed by atoms with Gasteiger partial charge in [-0.2, -0.15) is 0 Å². The molecule has 2 aliphatic rings. The summed E-state index contributed by atoms with van der Waals surface area (Å²) in [6.45, 7) is 3.24. The molecule has 2 amide bonds. The number of aromatic nitrogens is 1. The summed E-state index contributed by atoms with van der Waals surface area (Å²) < 4.78 is 8.06. The van der Waals surface area contributed by atoms with Crippen LogP contribution in [0.25, 0.3) is 10.9 Å². The third-order valence-corrected chi connectivity index (χ3v) is 7.19. The van der Waals surface area contributed by atoms with Gasteiger partial charge < -0.3 is 24.8 Å². The number of carbonyl (C=O) groups is 2. The summed E-state index contributed by atoms with van der Waals surface area (Å²) in [5.41, 5.74) is 3.59. The first-order valence-corrected chi connectivity index (χ1v) is 12.1. The van der Waals surface area contributed by atoms with Gasteiger partial charge in [0.15, 0.2) is 0 Å². The van der Waals surface area contributed by atoms with E-state index in [-0.39, 0.29) is 24.0 Å². The van der Waals surface area contributed by atoms with E-state index in [0.717, 1.165) is 23.7 Å². The highest BCUT2D eigenvalue weighted by Crippen LogP contribution is 2.44. The number of likely N-dealkylation sites (N-methyl/N-ethyl adjacent to an activating group) is 1. The highest BCUT2D eigenvalue weighted by atomic mass is 35.5. The lowest BCUT2D eigenvalue weighted by Crippen LogP contribution is -2.45. The Bertz CT molecular complexity index is 1230. The van der Waals surface area contributed by atoms with Crippen molar-refractivity contribution in [2.75, 3.05) is 33.2 Å². The van der Waals surface area contributed by atoms with E-state index in [1.54, 1.807) is 12.3 Å². The van der Waals surface area contributed by atoms with Crippen LogP contribution in [0.3, 0.4) is 0 Å². The van der Waals surface area contributed by atoms with Crippen LogP contribution < -0.4 is 10.6 Å². The number of hydrogen-bond acceptors (Lipinski definition) is 4. The molecule has 1 fully saturated rings. The van der Waals surface area contributed by atoms with Crippen LogP contribution >= 0.6 is 11.6 Å². The molecule has 2 N–H and O–H groups in total. The fraction of sp³-hybridized carbons (Fsp3) is 0.385. The lowest BCUT2D eigenvalue weighted by molar-refractivity contribution is -0.121. The predicted molar refractivity (Wildman–Crippen MR) is 132 cm³/mol. The van der Waals surface area contributed by atoms with Gasteiger partial charge in [0.1, 0.15) is 6.54 Å². The number of piperidine rings is 1. The lowest BCUT2D eigenvalue weighted by atomic mass is 9.83. The molecule has 2 aromatic carbocycles. The third kappa shape index (κ3) is 4.19. The van der Waals surface area contributed by atoms with E-state index in [4.69, 9.17) is 16.3 Å². The summed E-state index contributed by atoms with van der Waals surface area (Å²) in [4.78, 5) is 27.9. The van der Waals surface area contributed by atoms with Gasteiger partial charge in [-0.1, -0.05) is 41.9 Å². The number of hydrogen-bond donors (Lipinski definition) is 2. The van der Waals surface area contributed by atoms with E-state index in [0.29, 0.717) is 43.4 Å². The first kappa shape index (κ1) is 22.9. The number of halogens is 1. The Morgan fingerprint density at radius 1 is 1.12 bits per heavy atom. The number of nitrogens with zero attached hydrogens (tertiary/aromatic N) is 2. The molecule has 0 radical (unpaired) electrons. The van der Waals surface area contributed by atoms with Crippen LogP contribution in [0.15, 0.2) is 48.7 Å². The number of ether oxygens (including phenoxy) is 1. The fourth-order valence-electron chi connectivity index (χ4n) is 5.14. The molecule has 3 heterocycles. The van der Waals surface area contributed by atoms with Crippen molar-refractivity contribution in [1.29, 1.82) is 0 Å². The van der Waals surface area contributed by atoms with Gasteiger partial charge in [0.25, 0.3) is 5.91 Å². The number of benzene rings is 2. The number of rotatable bonds is 6. The molecule has 1 spiro atoms.